The standard InChI is InChI=1S/C13H16FN3O3/c1-4-16-13(3,7-15)8-20-12-5-9(2)11(17(18)19)6-10(12)14/h5-6,16H,4,8H2,1-3H3. The van der Waals surface area contributed by atoms with Gasteiger partial charge in [0.25, 0.3) is 5.69 Å². The second-order valence-electron chi connectivity index (χ2n) is 4.59. The quantitative estimate of drug-likeness (QED) is 0.638. The molecule has 6 nitrogen and oxygen atoms in total. The van der Waals surface area contributed by atoms with Gasteiger partial charge in [0.1, 0.15) is 12.1 Å². The molecule has 1 atom stereocenters. The maximum Gasteiger partial charge on any atom is 0.275 e. The maximum absolute atomic E-state index is 13.7. The lowest BCUT2D eigenvalue weighted by Gasteiger charge is -2.22. The molecule has 0 aromatic heterocycles. The monoisotopic (exact) mass is 281 g/mol. The zero-order chi connectivity index (χ0) is 15.3. The zero-order valence-electron chi connectivity index (χ0n) is 11.6. The van der Waals surface area contributed by atoms with Gasteiger partial charge < -0.3 is 4.74 Å². The Bertz CT molecular complexity index is 557. The highest BCUT2D eigenvalue weighted by Gasteiger charge is 2.25. The summed E-state index contributed by atoms with van der Waals surface area (Å²) in [5, 5.41) is 22.7. The summed E-state index contributed by atoms with van der Waals surface area (Å²) in [6.45, 7) is 5.47. The molecule has 1 aromatic rings. The lowest BCUT2D eigenvalue weighted by molar-refractivity contribution is -0.385. The van der Waals surface area contributed by atoms with Crippen LogP contribution in [-0.4, -0.2) is 23.6 Å². The summed E-state index contributed by atoms with van der Waals surface area (Å²) in [6.07, 6.45) is 0. The number of benzene rings is 1. The van der Waals surface area contributed by atoms with Crippen LogP contribution in [0.5, 0.6) is 5.75 Å². The van der Waals surface area contributed by atoms with Crippen LogP contribution in [0, 0.1) is 34.2 Å². The highest BCUT2D eigenvalue weighted by molar-refractivity contribution is 5.45. The molecule has 1 aromatic carbocycles. The molecule has 0 bridgehead atoms. The molecule has 0 saturated carbocycles. The highest BCUT2D eigenvalue weighted by Crippen LogP contribution is 2.27. The fraction of sp³-hybridized carbons (Fsp3) is 0.462. The first-order valence-electron chi connectivity index (χ1n) is 6.06. The van der Waals surface area contributed by atoms with E-state index in [0.717, 1.165) is 6.07 Å². The molecular formula is C13H16FN3O3. The summed E-state index contributed by atoms with van der Waals surface area (Å²) in [7, 11) is 0. The molecule has 0 amide bonds. The number of nitriles is 1. The SMILES string of the molecule is CCNC(C)(C#N)COc1cc(C)c([N+](=O)[O-])cc1F. The molecule has 7 heteroatoms. The molecule has 0 aliphatic rings. The molecule has 0 radical (unpaired) electrons. The predicted molar refractivity (Wildman–Crippen MR) is 71.0 cm³/mol. The summed E-state index contributed by atoms with van der Waals surface area (Å²) < 4.78 is 19.0. The van der Waals surface area contributed by atoms with Gasteiger partial charge in [0, 0.05) is 5.56 Å². The Kier molecular flexibility index (Phi) is 5.00. The minimum Gasteiger partial charge on any atom is -0.487 e. The minimum absolute atomic E-state index is 0.0640. The molecule has 0 spiro atoms. The van der Waals surface area contributed by atoms with Gasteiger partial charge in [-0.3, -0.25) is 15.4 Å². The number of halogens is 1. The largest absolute Gasteiger partial charge is 0.487 e. The van der Waals surface area contributed by atoms with Gasteiger partial charge in [0.2, 0.25) is 0 Å². The third-order valence-corrected chi connectivity index (χ3v) is 2.78. The van der Waals surface area contributed by atoms with Crippen molar-refractivity contribution in [1.82, 2.24) is 5.32 Å². The molecular weight excluding hydrogens is 265 g/mol. The molecule has 1 N–H and O–H groups in total. The van der Waals surface area contributed by atoms with Gasteiger partial charge in [0.15, 0.2) is 11.6 Å². The molecule has 0 aliphatic carbocycles. The summed E-state index contributed by atoms with van der Waals surface area (Å²) in [6, 6.07) is 4.13. The molecule has 1 rings (SSSR count). The maximum atomic E-state index is 13.7. The van der Waals surface area contributed by atoms with Crippen molar-refractivity contribution in [2.24, 2.45) is 0 Å². The van der Waals surface area contributed by atoms with E-state index in [4.69, 9.17) is 10.00 Å². The van der Waals surface area contributed by atoms with Crippen molar-refractivity contribution >= 4 is 5.69 Å². The summed E-state index contributed by atoms with van der Waals surface area (Å²) in [5.41, 5.74) is -0.949. The third-order valence-electron chi connectivity index (χ3n) is 2.78. The number of likely N-dealkylation sites (N-methyl/N-ethyl adjacent to an activating group) is 1. The van der Waals surface area contributed by atoms with Gasteiger partial charge in [-0.2, -0.15) is 5.26 Å². The smallest absolute Gasteiger partial charge is 0.275 e. The van der Waals surface area contributed by atoms with Crippen LogP contribution in [0.15, 0.2) is 12.1 Å². The Labute approximate surface area is 116 Å². The van der Waals surface area contributed by atoms with Crippen LogP contribution in [0.25, 0.3) is 0 Å². The fourth-order valence-corrected chi connectivity index (χ4v) is 1.69. The average molecular weight is 281 g/mol. The van der Waals surface area contributed by atoms with E-state index in [0.29, 0.717) is 12.1 Å². The van der Waals surface area contributed by atoms with Gasteiger partial charge in [-0.25, -0.2) is 4.39 Å². The first kappa shape index (κ1) is 15.9. The number of nitro benzene ring substituents is 1. The first-order valence-corrected chi connectivity index (χ1v) is 6.06. The van der Waals surface area contributed by atoms with Crippen molar-refractivity contribution in [2.75, 3.05) is 13.2 Å². The van der Waals surface area contributed by atoms with E-state index in [2.05, 4.69) is 5.32 Å². The Morgan fingerprint density at radius 3 is 2.75 bits per heavy atom. The molecule has 1 unspecified atom stereocenters. The van der Waals surface area contributed by atoms with Crippen LogP contribution in [0.1, 0.15) is 19.4 Å². The van der Waals surface area contributed by atoms with E-state index in [9.17, 15) is 14.5 Å². The Morgan fingerprint density at radius 1 is 1.60 bits per heavy atom. The lowest BCUT2D eigenvalue weighted by Crippen LogP contribution is -2.46. The van der Waals surface area contributed by atoms with Crippen LogP contribution in [-0.2, 0) is 0 Å². The van der Waals surface area contributed by atoms with Gasteiger partial charge in [-0.05, 0) is 26.5 Å². The molecule has 0 fully saturated rings. The van der Waals surface area contributed by atoms with Crippen molar-refractivity contribution in [3.63, 3.8) is 0 Å². The van der Waals surface area contributed by atoms with Gasteiger partial charge in [0.05, 0.1) is 17.1 Å². The van der Waals surface area contributed by atoms with Gasteiger partial charge >= 0.3 is 0 Å². The van der Waals surface area contributed by atoms with Gasteiger partial charge in [-0.15, -0.1) is 0 Å². The topological polar surface area (TPSA) is 88.2 Å². The Balaban J connectivity index is 2.92. The average Bonchev–Trinajstić information content (AvgIpc) is 2.39. The highest BCUT2D eigenvalue weighted by atomic mass is 19.1. The van der Waals surface area contributed by atoms with Crippen molar-refractivity contribution in [3.05, 3.63) is 33.6 Å². The number of aryl methyl sites for hydroxylation is 1. The molecule has 108 valence electrons. The minimum atomic E-state index is -0.948. The number of nitrogens with one attached hydrogen (secondary N) is 1. The Hall–Kier alpha value is -2.20. The molecule has 0 heterocycles. The summed E-state index contributed by atoms with van der Waals surface area (Å²) in [4.78, 5) is 10.0. The van der Waals surface area contributed by atoms with Crippen LogP contribution in [0.3, 0.4) is 0 Å². The van der Waals surface area contributed by atoms with Crippen molar-refractivity contribution in [2.45, 2.75) is 26.3 Å². The number of hydrogen-bond donors (Lipinski definition) is 1. The molecule has 0 aliphatic heterocycles. The number of ether oxygens (including phenoxy) is 1. The summed E-state index contributed by atoms with van der Waals surface area (Å²) >= 11 is 0. The zero-order valence-corrected chi connectivity index (χ0v) is 11.6. The predicted octanol–water partition coefficient (Wildman–Crippen LogP) is 2.31. The number of rotatable bonds is 6. The number of hydrogen-bond acceptors (Lipinski definition) is 5. The van der Waals surface area contributed by atoms with Crippen LogP contribution in [0.2, 0.25) is 0 Å². The second-order valence-corrected chi connectivity index (χ2v) is 4.59. The molecule has 20 heavy (non-hydrogen) atoms. The van der Waals surface area contributed by atoms with E-state index in [1.807, 2.05) is 13.0 Å². The number of nitro groups is 1. The summed E-state index contributed by atoms with van der Waals surface area (Å²) in [5.74, 6) is -0.924. The van der Waals surface area contributed by atoms with E-state index in [1.54, 1.807) is 6.92 Å². The van der Waals surface area contributed by atoms with E-state index in [-0.39, 0.29) is 18.0 Å². The van der Waals surface area contributed by atoms with Crippen molar-refractivity contribution in [3.8, 4) is 11.8 Å². The Morgan fingerprint density at radius 2 is 2.25 bits per heavy atom. The van der Waals surface area contributed by atoms with E-state index < -0.39 is 16.3 Å². The van der Waals surface area contributed by atoms with Crippen LogP contribution in [0.4, 0.5) is 10.1 Å². The van der Waals surface area contributed by atoms with Crippen molar-refractivity contribution in [1.29, 1.82) is 5.26 Å². The van der Waals surface area contributed by atoms with Crippen molar-refractivity contribution < 1.29 is 14.1 Å². The first-order chi connectivity index (χ1) is 9.33. The number of nitrogens with zero attached hydrogens (tertiary/aromatic N) is 2. The van der Waals surface area contributed by atoms with E-state index in [1.165, 1.54) is 13.0 Å². The van der Waals surface area contributed by atoms with E-state index >= 15 is 0 Å². The normalized spacial score (nSPS) is 13.3. The van der Waals surface area contributed by atoms with Crippen LogP contribution < -0.4 is 10.1 Å². The third kappa shape index (κ3) is 3.65. The second kappa shape index (κ2) is 6.30. The lowest BCUT2D eigenvalue weighted by atomic mass is 10.1. The fourth-order valence-electron chi connectivity index (χ4n) is 1.69. The van der Waals surface area contributed by atoms with Crippen LogP contribution >= 0.6 is 0 Å². The van der Waals surface area contributed by atoms with Gasteiger partial charge in [-0.1, -0.05) is 6.92 Å². The molecule has 0 saturated heterocycles.